The Balaban J connectivity index is 1.36. The number of carbonyl (C=O) groups excluding carboxylic acids is 3. The number of anilines is 1. The zero-order valence-corrected chi connectivity index (χ0v) is 16.7. The van der Waals surface area contributed by atoms with Crippen molar-refractivity contribution in [2.75, 3.05) is 30.3 Å². The lowest BCUT2D eigenvalue weighted by molar-refractivity contribution is -0.125. The molecule has 0 atom stereocenters. The summed E-state index contributed by atoms with van der Waals surface area (Å²) in [5, 5.41) is 14.6. The summed E-state index contributed by atoms with van der Waals surface area (Å²) in [5.74, 6) is 0.368. The molecule has 0 unspecified atom stereocenters. The molecule has 0 aliphatic carbocycles. The number of thioether (sulfide) groups is 1. The van der Waals surface area contributed by atoms with Gasteiger partial charge in [-0.05, 0) is 36.4 Å². The molecule has 1 aliphatic rings. The lowest BCUT2D eigenvalue weighted by Crippen LogP contribution is -2.37. The maximum absolute atomic E-state index is 12.5. The van der Waals surface area contributed by atoms with Crippen molar-refractivity contribution in [2.45, 2.75) is 17.7 Å². The number of benzene rings is 2. The number of aromatic hydroxyl groups is 1. The molecule has 0 bridgehead atoms. The number of para-hydroxylation sites is 1. The van der Waals surface area contributed by atoms with Crippen molar-refractivity contribution in [3.63, 3.8) is 0 Å². The Morgan fingerprint density at radius 3 is 2.48 bits per heavy atom. The van der Waals surface area contributed by atoms with Crippen molar-refractivity contribution in [2.24, 2.45) is 0 Å². The largest absolute Gasteiger partial charge is 0.508 e. The van der Waals surface area contributed by atoms with Gasteiger partial charge in [-0.1, -0.05) is 12.1 Å². The van der Waals surface area contributed by atoms with Crippen LogP contribution in [0.15, 0.2) is 53.4 Å². The van der Waals surface area contributed by atoms with Gasteiger partial charge in [0.15, 0.2) is 0 Å². The molecule has 7 nitrogen and oxygen atoms in total. The summed E-state index contributed by atoms with van der Waals surface area (Å²) >= 11 is 1.73. The normalized spacial score (nSPS) is 12.8. The summed E-state index contributed by atoms with van der Waals surface area (Å²) in [5.41, 5.74) is 1.34. The maximum Gasteiger partial charge on any atom is 0.251 e. The number of carbonyl (C=O) groups is 3. The molecule has 152 valence electrons. The molecular formula is C21H23N3O4S. The number of nitrogens with zero attached hydrogens (tertiary/aromatic N) is 1. The predicted molar refractivity (Wildman–Crippen MR) is 112 cm³/mol. The number of amides is 3. The second-order valence-electron chi connectivity index (χ2n) is 6.51. The van der Waals surface area contributed by atoms with Crippen molar-refractivity contribution in [1.82, 2.24) is 10.6 Å². The van der Waals surface area contributed by atoms with E-state index in [-0.39, 0.29) is 49.4 Å². The summed E-state index contributed by atoms with van der Waals surface area (Å²) in [6.07, 6.45) is 0.251. The maximum atomic E-state index is 12.5. The summed E-state index contributed by atoms with van der Waals surface area (Å²) in [6.45, 7) is 1.20. The third-order valence-electron chi connectivity index (χ3n) is 4.46. The van der Waals surface area contributed by atoms with Crippen LogP contribution in [0.4, 0.5) is 5.69 Å². The molecule has 0 saturated carbocycles. The van der Waals surface area contributed by atoms with Gasteiger partial charge in [-0.2, -0.15) is 0 Å². The van der Waals surface area contributed by atoms with Crippen LogP contribution in [-0.2, 0) is 9.59 Å². The molecule has 1 aliphatic heterocycles. The van der Waals surface area contributed by atoms with Gasteiger partial charge in [0.2, 0.25) is 11.8 Å². The molecule has 2 aromatic carbocycles. The highest BCUT2D eigenvalue weighted by Crippen LogP contribution is 2.34. The fraction of sp³-hybridized carbons (Fsp3) is 0.286. The van der Waals surface area contributed by atoms with Gasteiger partial charge in [0.25, 0.3) is 5.91 Å². The molecule has 3 N–H and O–H groups in total. The Hall–Kier alpha value is -3.00. The fourth-order valence-corrected chi connectivity index (χ4v) is 3.96. The number of rotatable bonds is 7. The first-order chi connectivity index (χ1) is 14.0. The van der Waals surface area contributed by atoms with Gasteiger partial charge < -0.3 is 20.6 Å². The number of phenols is 1. The third kappa shape index (κ3) is 5.74. The predicted octanol–water partition coefficient (Wildman–Crippen LogP) is 2.16. The van der Waals surface area contributed by atoms with E-state index < -0.39 is 0 Å². The molecule has 29 heavy (non-hydrogen) atoms. The topological polar surface area (TPSA) is 98.7 Å². The Bertz CT molecular complexity index is 886. The standard InChI is InChI=1S/C21H23N3O4S/c25-16-7-5-15(6-8-16)21(28)23-12-11-22-19(26)9-10-20(27)24-13-14-29-18-4-2-1-3-17(18)24/h1-8,25H,9-14H2,(H,22,26)(H,23,28). The minimum atomic E-state index is -0.281. The van der Waals surface area contributed by atoms with Crippen LogP contribution < -0.4 is 15.5 Å². The van der Waals surface area contributed by atoms with E-state index in [1.165, 1.54) is 24.3 Å². The van der Waals surface area contributed by atoms with Crippen LogP contribution in [0.25, 0.3) is 0 Å². The van der Waals surface area contributed by atoms with Crippen LogP contribution in [0.3, 0.4) is 0 Å². The number of hydrogen-bond acceptors (Lipinski definition) is 5. The molecule has 2 aromatic rings. The van der Waals surface area contributed by atoms with Crippen LogP contribution in [-0.4, -0.2) is 48.2 Å². The van der Waals surface area contributed by atoms with Gasteiger partial charge >= 0.3 is 0 Å². The van der Waals surface area contributed by atoms with Gasteiger partial charge in [0.05, 0.1) is 5.69 Å². The second-order valence-corrected chi connectivity index (χ2v) is 7.65. The first-order valence-electron chi connectivity index (χ1n) is 9.41. The van der Waals surface area contributed by atoms with Crippen LogP contribution in [0.5, 0.6) is 5.75 Å². The van der Waals surface area contributed by atoms with Gasteiger partial charge in [0.1, 0.15) is 5.75 Å². The van der Waals surface area contributed by atoms with Crippen LogP contribution >= 0.6 is 11.8 Å². The Kier molecular flexibility index (Phi) is 7.13. The minimum Gasteiger partial charge on any atom is -0.508 e. The van der Waals surface area contributed by atoms with E-state index in [2.05, 4.69) is 10.6 Å². The number of fused-ring (bicyclic) bond motifs is 1. The lowest BCUT2D eigenvalue weighted by Gasteiger charge is -2.29. The highest BCUT2D eigenvalue weighted by Gasteiger charge is 2.22. The molecular weight excluding hydrogens is 390 g/mol. The van der Waals surface area contributed by atoms with E-state index in [0.29, 0.717) is 12.1 Å². The van der Waals surface area contributed by atoms with Crippen molar-refractivity contribution in [1.29, 1.82) is 0 Å². The van der Waals surface area contributed by atoms with E-state index in [1.807, 2.05) is 24.3 Å². The first-order valence-corrected chi connectivity index (χ1v) is 10.4. The Morgan fingerprint density at radius 1 is 0.966 bits per heavy atom. The van der Waals surface area contributed by atoms with Crippen molar-refractivity contribution >= 4 is 35.2 Å². The van der Waals surface area contributed by atoms with E-state index in [1.54, 1.807) is 16.7 Å². The molecule has 0 radical (unpaired) electrons. The van der Waals surface area contributed by atoms with E-state index in [0.717, 1.165) is 16.3 Å². The zero-order valence-electron chi connectivity index (χ0n) is 15.9. The quantitative estimate of drug-likeness (QED) is 0.604. The highest BCUT2D eigenvalue weighted by molar-refractivity contribution is 7.99. The third-order valence-corrected chi connectivity index (χ3v) is 5.50. The summed E-state index contributed by atoms with van der Waals surface area (Å²) < 4.78 is 0. The van der Waals surface area contributed by atoms with Crippen LogP contribution in [0.1, 0.15) is 23.2 Å². The molecule has 0 aromatic heterocycles. The van der Waals surface area contributed by atoms with Crippen LogP contribution in [0.2, 0.25) is 0 Å². The number of nitrogens with one attached hydrogen (secondary N) is 2. The molecule has 1 heterocycles. The Labute approximate surface area is 173 Å². The highest BCUT2D eigenvalue weighted by atomic mass is 32.2. The number of hydrogen-bond donors (Lipinski definition) is 3. The van der Waals surface area contributed by atoms with Gasteiger partial charge in [-0.3, -0.25) is 14.4 Å². The average molecular weight is 413 g/mol. The van der Waals surface area contributed by atoms with E-state index in [4.69, 9.17) is 0 Å². The summed E-state index contributed by atoms with van der Waals surface area (Å²) in [4.78, 5) is 39.3. The molecule has 8 heteroatoms. The van der Waals surface area contributed by atoms with Gasteiger partial charge in [0, 0.05) is 48.7 Å². The smallest absolute Gasteiger partial charge is 0.251 e. The summed E-state index contributed by atoms with van der Waals surface area (Å²) in [6, 6.07) is 13.7. The van der Waals surface area contributed by atoms with Crippen molar-refractivity contribution in [3.05, 3.63) is 54.1 Å². The molecule has 0 saturated heterocycles. The monoisotopic (exact) mass is 413 g/mol. The van der Waals surface area contributed by atoms with Gasteiger partial charge in [-0.25, -0.2) is 0 Å². The summed E-state index contributed by atoms with van der Waals surface area (Å²) in [7, 11) is 0. The molecule has 3 amide bonds. The zero-order chi connectivity index (χ0) is 20.6. The molecule has 0 spiro atoms. The van der Waals surface area contributed by atoms with Crippen LogP contribution in [0, 0.1) is 0 Å². The number of phenolic OH excluding ortho intramolecular Hbond substituents is 1. The van der Waals surface area contributed by atoms with Gasteiger partial charge in [-0.15, -0.1) is 11.8 Å². The molecule has 0 fully saturated rings. The average Bonchev–Trinajstić information content (AvgIpc) is 2.75. The van der Waals surface area contributed by atoms with Crippen molar-refractivity contribution in [3.8, 4) is 5.75 Å². The van der Waals surface area contributed by atoms with Crippen molar-refractivity contribution < 1.29 is 19.5 Å². The van der Waals surface area contributed by atoms with E-state index in [9.17, 15) is 19.5 Å². The molecule has 3 rings (SSSR count). The first kappa shape index (κ1) is 20.7. The SMILES string of the molecule is O=C(CCC(=O)N1CCSc2ccccc21)NCCNC(=O)c1ccc(O)cc1. The Morgan fingerprint density at radius 2 is 1.69 bits per heavy atom. The van der Waals surface area contributed by atoms with E-state index >= 15 is 0 Å². The fourth-order valence-electron chi connectivity index (χ4n) is 2.97. The second kappa shape index (κ2) is 9.97. The lowest BCUT2D eigenvalue weighted by atomic mass is 10.2. The minimum absolute atomic E-state index is 0.0615.